The summed E-state index contributed by atoms with van der Waals surface area (Å²) in [5, 5.41) is 12.4. The van der Waals surface area contributed by atoms with Crippen molar-refractivity contribution < 1.29 is 37.0 Å². The molecule has 13 heteroatoms. The maximum absolute atomic E-state index is 15.4. The van der Waals surface area contributed by atoms with Crippen LogP contribution in [0.4, 0.5) is 23.2 Å². The number of aryl methyl sites for hydroxylation is 2. The van der Waals surface area contributed by atoms with Gasteiger partial charge in [-0.15, -0.1) is 0 Å². The van der Waals surface area contributed by atoms with Crippen molar-refractivity contribution in [2.45, 2.75) is 78.6 Å². The zero-order valence-electron chi connectivity index (χ0n) is 27.8. The molecule has 2 N–H and O–H groups in total. The Balaban J connectivity index is 0.00000221. The number of nitrogens with zero attached hydrogens (tertiary/aromatic N) is 3. The molecule has 1 saturated carbocycles. The molecular weight excluding hydrogens is 632 g/mol. The molecule has 48 heavy (non-hydrogen) atoms. The highest BCUT2D eigenvalue weighted by molar-refractivity contribution is 5.98. The summed E-state index contributed by atoms with van der Waals surface area (Å²) in [7, 11) is 1.66. The molecular formula is C35H40F4N4O5. The number of carbonyl (C=O) groups is 2. The summed E-state index contributed by atoms with van der Waals surface area (Å²) in [5.41, 5.74) is 2.76. The first-order valence-electron chi connectivity index (χ1n) is 16.2. The van der Waals surface area contributed by atoms with Crippen LogP contribution in [0.1, 0.15) is 65.1 Å². The Morgan fingerprint density at radius 3 is 2.52 bits per heavy atom. The van der Waals surface area contributed by atoms with Gasteiger partial charge in [0.2, 0.25) is 0 Å². The maximum atomic E-state index is 15.4. The van der Waals surface area contributed by atoms with E-state index in [2.05, 4.69) is 10.3 Å². The van der Waals surface area contributed by atoms with E-state index in [1.54, 1.807) is 33.0 Å². The lowest BCUT2D eigenvalue weighted by atomic mass is 9.91. The SMILES string of the molecule is CC.Cc1cc(N2C[C@H]3C[C@H]3[C@@H]2C(F)(F)F)cc(F)c1C(=O)N[C@@H](Cc1ccc(-c2nc(C)c(C)n(C)c2=O)c2c1CCCO2)C(=O)O. The zero-order chi connectivity index (χ0) is 35.2. The number of amides is 1. The molecule has 2 fully saturated rings. The third-order valence-electron chi connectivity index (χ3n) is 9.59. The van der Waals surface area contributed by atoms with Crippen molar-refractivity contribution in [3.05, 3.63) is 74.1 Å². The number of nitrogens with one attached hydrogen (secondary N) is 1. The van der Waals surface area contributed by atoms with E-state index in [0.29, 0.717) is 54.0 Å². The van der Waals surface area contributed by atoms with E-state index in [0.717, 1.165) is 16.7 Å². The third kappa shape index (κ3) is 6.38. The third-order valence-corrected chi connectivity index (χ3v) is 9.59. The molecule has 2 aromatic carbocycles. The van der Waals surface area contributed by atoms with Crippen LogP contribution in [-0.4, -0.2) is 57.9 Å². The zero-order valence-corrected chi connectivity index (χ0v) is 27.8. The maximum Gasteiger partial charge on any atom is 0.409 e. The van der Waals surface area contributed by atoms with Crippen LogP contribution in [0.25, 0.3) is 11.3 Å². The number of ether oxygens (including phenoxy) is 1. The monoisotopic (exact) mass is 672 g/mol. The van der Waals surface area contributed by atoms with Gasteiger partial charge in [-0.2, -0.15) is 13.2 Å². The van der Waals surface area contributed by atoms with Gasteiger partial charge < -0.3 is 24.6 Å². The number of alkyl halides is 3. The lowest BCUT2D eigenvalue weighted by Gasteiger charge is -2.31. The van der Waals surface area contributed by atoms with Crippen molar-refractivity contribution in [1.29, 1.82) is 0 Å². The van der Waals surface area contributed by atoms with Crippen LogP contribution >= 0.6 is 0 Å². The fourth-order valence-corrected chi connectivity index (χ4v) is 6.91. The highest BCUT2D eigenvalue weighted by Gasteiger charge is 2.62. The van der Waals surface area contributed by atoms with Crippen LogP contribution in [0.2, 0.25) is 0 Å². The normalized spacial score (nSPS) is 20.1. The molecule has 0 radical (unpaired) electrons. The predicted octanol–water partition coefficient (Wildman–Crippen LogP) is 5.68. The molecule has 258 valence electrons. The van der Waals surface area contributed by atoms with Gasteiger partial charge in [-0.05, 0) is 86.8 Å². The second kappa shape index (κ2) is 13.2. The number of carboxylic acid groups (broad SMARTS) is 1. The molecule has 1 aliphatic carbocycles. The van der Waals surface area contributed by atoms with Gasteiger partial charge in [0.25, 0.3) is 11.5 Å². The number of fused-ring (bicyclic) bond motifs is 2. The Hall–Kier alpha value is -4.42. The van der Waals surface area contributed by atoms with E-state index < -0.39 is 47.4 Å². The summed E-state index contributed by atoms with van der Waals surface area (Å²) in [4.78, 5) is 44.4. The summed E-state index contributed by atoms with van der Waals surface area (Å²) >= 11 is 0. The van der Waals surface area contributed by atoms with Crippen molar-refractivity contribution in [2.75, 3.05) is 18.1 Å². The number of piperidine rings is 1. The average Bonchev–Trinajstić information content (AvgIpc) is 3.68. The van der Waals surface area contributed by atoms with E-state index in [4.69, 9.17) is 4.74 Å². The number of aliphatic carboxylic acids is 1. The predicted molar refractivity (Wildman–Crippen MR) is 172 cm³/mol. The largest absolute Gasteiger partial charge is 0.493 e. The topological polar surface area (TPSA) is 114 Å². The Morgan fingerprint density at radius 1 is 1.17 bits per heavy atom. The minimum Gasteiger partial charge on any atom is -0.493 e. The minimum absolute atomic E-state index is 0.0377. The van der Waals surface area contributed by atoms with E-state index in [9.17, 15) is 32.7 Å². The number of carboxylic acids is 1. The van der Waals surface area contributed by atoms with Gasteiger partial charge in [0.15, 0.2) is 0 Å². The van der Waals surface area contributed by atoms with Crippen LogP contribution < -0.4 is 20.5 Å². The Bertz CT molecular complexity index is 1800. The van der Waals surface area contributed by atoms with Gasteiger partial charge in [-0.1, -0.05) is 19.9 Å². The Labute approximate surface area is 275 Å². The van der Waals surface area contributed by atoms with Gasteiger partial charge in [0, 0.05) is 37.0 Å². The molecule has 4 atom stereocenters. The fourth-order valence-electron chi connectivity index (χ4n) is 6.91. The summed E-state index contributed by atoms with van der Waals surface area (Å²) in [6, 6.07) is 2.42. The number of benzene rings is 2. The summed E-state index contributed by atoms with van der Waals surface area (Å²) < 4.78 is 64.2. The number of hydrogen-bond donors (Lipinski definition) is 2. The molecule has 0 bridgehead atoms. The molecule has 1 aromatic heterocycles. The molecule has 1 saturated heterocycles. The van der Waals surface area contributed by atoms with Crippen LogP contribution in [0.15, 0.2) is 29.1 Å². The molecule has 2 aliphatic heterocycles. The van der Waals surface area contributed by atoms with Crippen LogP contribution in [0, 0.1) is 38.4 Å². The van der Waals surface area contributed by atoms with Gasteiger partial charge in [0.05, 0.1) is 17.9 Å². The van der Waals surface area contributed by atoms with Crippen molar-refractivity contribution in [3.63, 3.8) is 0 Å². The molecule has 3 heterocycles. The highest BCUT2D eigenvalue weighted by atomic mass is 19.4. The second-order valence-electron chi connectivity index (χ2n) is 12.5. The van der Waals surface area contributed by atoms with E-state index in [-0.39, 0.29) is 41.4 Å². The minimum atomic E-state index is -4.47. The lowest BCUT2D eigenvalue weighted by Crippen LogP contribution is -2.45. The summed E-state index contributed by atoms with van der Waals surface area (Å²) in [6.07, 6.45) is -2.96. The second-order valence-corrected chi connectivity index (χ2v) is 12.5. The van der Waals surface area contributed by atoms with Gasteiger partial charge in [-0.3, -0.25) is 9.59 Å². The smallest absolute Gasteiger partial charge is 0.409 e. The summed E-state index contributed by atoms with van der Waals surface area (Å²) in [6.45, 7) is 9.55. The fraction of sp³-hybridized carbons (Fsp3) is 0.486. The van der Waals surface area contributed by atoms with Gasteiger partial charge in [-0.25, -0.2) is 14.2 Å². The molecule has 0 unspecified atom stereocenters. The molecule has 9 nitrogen and oxygen atoms in total. The first kappa shape index (κ1) is 34.9. The van der Waals surface area contributed by atoms with Crippen LogP contribution in [0.5, 0.6) is 5.75 Å². The number of hydrogen-bond acceptors (Lipinski definition) is 6. The highest BCUT2D eigenvalue weighted by Crippen LogP contribution is 2.55. The van der Waals surface area contributed by atoms with Crippen molar-refractivity contribution in [2.24, 2.45) is 18.9 Å². The Morgan fingerprint density at radius 2 is 1.88 bits per heavy atom. The summed E-state index contributed by atoms with van der Waals surface area (Å²) in [5.74, 6) is -3.56. The number of carbonyl (C=O) groups excluding carboxylic acids is 1. The van der Waals surface area contributed by atoms with Crippen LogP contribution in [-0.2, 0) is 24.7 Å². The van der Waals surface area contributed by atoms with Crippen molar-refractivity contribution >= 4 is 17.6 Å². The van der Waals surface area contributed by atoms with E-state index >= 15 is 4.39 Å². The standard InChI is InChI=1S/C33H34F4N4O5.C2H6/c1-15-10-20(41-14-19-11-23(19)29(41)33(35,36)37)13-24(34)26(15)30(42)39-25(32(44)45)12-18-7-8-22(28-21(18)6-5-9-46-28)27-31(43)40(4)17(3)16(2)38-27;1-2/h7-8,10,13,19,23,25,29H,5-6,9,11-12,14H2,1-4H3,(H,39,42)(H,44,45);1-2H3/t19-,23-,25+,29-;/m1./s1. The molecule has 6 rings (SSSR count). The van der Waals surface area contributed by atoms with E-state index in [1.807, 2.05) is 13.8 Å². The average molecular weight is 673 g/mol. The quantitative estimate of drug-likeness (QED) is 0.311. The first-order valence-corrected chi connectivity index (χ1v) is 16.2. The number of anilines is 1. The first-order chi connectivity index (χ1) is 22.7. The van der Waals surface area contributed by atoms with Crippen LogP contribution in [0.3, 0.4) is 0 Å². The van der Waals surface area contributed by atoms with Gasteiger partial charge >= 0.3 is 12.1 Å². The molecule has 3 aliphatic rings. The van der Waals surface area contributed by atoms with Crippen molar-refractivity contribution in [3.8, 4) is 17.0 Å². The molecule has 3 aromatic rings. The van der Waals surface area contributed by atoms with Crippen molar-refractivity contribution in [1.82, 2.24) is 14.9 Å². The lowest BCUT2D eigenvalue weighted by molar-refractivity contribution is -0.150. The number of halogens is 4. The van der Waals surface area contributed by atoms with Gasteiger partial charge in [0.1, 0.15) is 29.3 Å². The van der Waals surface area contributed by atoms with E-state index in [1.165, 1.54) is 17.6 Å². The Kier molecular flexibility index (Phi) is 9.62. The molecule has 0 spiro atoms. The number of rotatable bonds is 7. The number of aromatic nitrogens is 2. The molecule has 1 amide bonds.